The van der Waals surface area contributed by atoms with E-state index >= 15 is 4.39 Å². The molecular weight excluding hydrogens is 602 g/mol. The molecule has 1 fully saturated rings. The van der Waals surface area contributed by atoms with E-state index in [0.717, 1.165) is 6.07 Å². The molecule has 0 spiro atoms. The van der Waals surface area contributed by atoms with Crippen molar-refractivity contribution in [2.24, 2.45) is 0 Å². The van der Waals surface area contributed by atoms with E-state index in [0.29, 0.717) is 24.7 Å². The van der Waals surface area contributed by atoms with Gasteiger partial charge >= 0.3 is 0 Å². The third-order valence-corrected chi connectivity index (χ3v) is 7.48. The molecule has 1 aliphatic rings. The standard InChI is InChI=1S/C27H22F6N6O3S/c28-15-3-4-19(30)14(8-15)13-43(40,41)39-25-20(31)10-22(23(32)24(25)33)42-26-18(2-1-6-35-26)21-5-7-36-27(38-21)37-17-9-16(29)11-34-12-17/h1-8,10,16-17,34,39H,9,11-13H2,(H,36,37,38)/t16-,17-/m0/s1. The third-order valence-electron chi connectivity index (χ3n) is 6.28. The fourth-order valence-corrected chi connectivity index (χ4v) is 5.52. The summed E-state index contributed by atoms with van der Waals surface area (Å²) in [4.78, 5) is 12.5. The molecule has 0 saturated carbocycles. The van der Waals surface area contributed by atoms with Crippen LogP contribution in [0.4, 0.5) is 38.0 Å². The molecule has 2 aromatic carbocycles. The van der Waals surface area contributed by atoms with Gasteiger partial charge in [0.15, 0.2) is 17.4 Å². The van der Waals surface area contributed by atoms with E-state index in [1.807, 2.05) is 0 Å². The van der Waals surface area contributed by atoms with E-state index in [1.54, 1.807) is 0 Å². The van der Waals surface area contributed by atoms with Crippen LogP contribution in [0.3, 0.4) is 0 Å². The number of aromatic nitrogens is 3. The lowest BCUT2D eigenvalue weighted by molar-refractivity contribution is 0.254. The van der Waals surface area contributed by atoms with E-state index in [9.17, 15) is 30.4 Å². The molecule has 2 aromatic heterocycles. The van der Waals surface area contributed by atoms with E-state index in [4.69, 9.17) is 4.74 Å². The molecule has 0 amide bonds. The van der Waals surface area contributed by atoms with Crippen LogP contribution in [0.2, 0.25) is 0 Å². The van der Waals surface area contributed by atoms with Crippen molar-refractivity contribution < 1.29 is 39.5 Å². The van der Waals surface area contributed by atoms with Crippen LogP contribution in [0.5, 0.6) is 11.6 Å². The van der Waals surface area contributed by atoms with Crippen molar-refractivity contribution in [3.63, 3.8) is 0 Å². The lowest BCUT2D eigenvalue weighted by atomic mass is 10.1. The number of benzene rings is 2. The zero-order valence-electron chi connectivity index (χ0n) is 21.9. The normalized spacial score (nSPS) is 17.0. The first-order valence-electron chi connectivity index (χ1n) is 12.7. The Bertz CT molecular complexity index is 1760. The van der Waals surface area contributed by atoms with Crippen LogP contribution >= 0.6 is 0 Å². The summed E-state index contributed by atoms with van der Waals surface area (Å²) in [5, 5.41) is 5.97. The Labute approximate surface area is 241 Å². The maximum Gasteiger partial charge on any atom is 0.237 e. The first-order valence-corrected chi connectivity index (χ1v) is 14.3. The Kier molecular flexibility index (Phi) is 8.68. The minimum Gasteiger partial charge on any atom is -0.435 e. The summed E-state index contributed by atoms with van der Waals surface area (Å²) >= 11 is 0. The molecule has 2 atom stereocenters. The predicted octanol–water partition coefficient (Wildman–Crippen LogP) is 5.08. The summed E-state index contributed by atoms with van der Waals surface area (Å²) in [6.07, 6.45) is 1.88. The zero-order chi connectivity index (χ0) is 30.7. The second kappa shape index (κ2) is 12.4. The zero-order valence-corrected chi connectivity index (χ0v) is 22.7. The molecule has 0 unspecified atom stereocenters. The topological polar surface area (TPSA) is 118 Å². The fourth-order valence-electron chi connectivity index (χ4n) is 4.32. The van der Waals surface area contributed by atoms with Crippen LogP contribution in [0.15, 0.2) is 54.9 Å². The Balaban J connectivity index is 1.38. The van der Waals surface area contributed by atoms with Crippen molar-refractivity contribution in [2.45, 2.75) is 24.4 Å². The minimum atomic E-state index is -4.72. The van der Waals surface area contributed by atoms with E-state index in [-0.39, 0.29) is 42.1 Å². The van der Waals surface area contributed by atoms with Gasteiger partial charge < -0.3 is 15.4 Å². The second-order valence-corrected chi connectivity index (χ2v) is 11.2. The number of sulfonamides is 1. The third kappa shape index (κ3) is 7.14. The highest BCUT2D eigenvalue weighted by Gasteiger charge is 2.26. The number of nitrogens with one attached hydrogen (secondary N) is 3. The number of halogens is 6. The highest BCUT2D eigenvalue weighted by Crippen LogP contribution is 2.36. The molecular formula is C27H22F6N6O3S. The lowest BCUT2D eigenvalue weighted by Crippen LogP contribution is -2.44. The van der Waals surface area contributed by atoms with Gasteiger partial charge in [-0.25, -0.2) is 45.3 Å². The summed E-state index contributed by atoms with van der Waals surface area (Å²) in [7, 11) is -4.72. The summed E-state index contributed by atoms with van der Waals surface area (Å²) in [5.41, 5.74) is -1.58. The number of piperidine rings is 1. The largest absolute Gasteiger partial charge is 0.435 e. The molecule has 226 valence electrons. The highest BCUT2D eigenvalue weighted by atomic mass is 32.2. The fraction of sp³-hybridized carbons (Fsp3) is 0.222. The monoisotopic (exact) mass is 624 g/mol. The van der Waals surface area contributed by atoms with Gasteiger partial charge in [-0.15, -0.1) is 0 Å². The van der Waals surface area contributed by atoms with Gasteiger partial charge in [0, 0.05) is 49.6 Å². The maximum absolute atomic E-state index is 15.0. The van der Waals surface area contributed by atoms with Crippen LogP contribution in [0.1, 0.15) is 12.0 Å². The number of hydrogen-bond acceptors (Lipinski definition) is 8. The van der Waals surface area contributed by atoms with Crippen molar-refractivity contribution in [1.82, 2.24) is 20.3 Å². The molecule has 43 heavy (non-hydrogen) atoms. The van der Waals surface area contributed by atoms with Crippen molar-refractivity contribution in [1.29, 1.82) is 0 Å². The van der Waals surface area contributed by atoms with Gasteiger partial charge in [-0.05, 0) is 36.4 Å². The van der Waals surface area contributed by atoms with Crippen LogP contribution in [0.25, 0.3) is 11.3 Å². The number of alkyl halides is 1. The molecule has 1 aliphatic heterocycles. The van der Waals surface area contributed by atoms with Crippen molar-refractivity contribution in [3.05, 3.63) is 89.5 Å². The first-order chi connectivity index (χ1) is 20.5. The van der Waals surface area contributed by atoms with Crippen molar-refractivity contribution in [3.8, 4) is 22.9 Å². The van der Waals surface area contributed by atoms with E-state index in [1.165, 1.54) is 35.3 Å². The number of hydrogen-bond donors (Lipinski definition) is 3. The number of rotatable bonds is 9. The number of pyridine rings is 1. The molecule has 0 bridgehead atoms. The SMILES string of the molecule is O=S(=O)(Cc1cc(F)ccc1F)Nc1c(F)cc(Oc2ncccc2-c2ccnc(N[C@@H]3CNC[C@@H](F)C3)n2)c(F)c1F. The number of ether oxygens (including phenoxy) is 1. The Morgan fingerprint density at radius 2 is 1.77 bits per heavy atom. The molecule has 0 aliphatic carbocycles. The van der Waals surface area contributed by atoms with E-state index in [2.05, 4.69) is 25.6 Å². The molecule has 16 heteroatoms. The minimum absolute atomic E-state index is 0.159. The molecule has 3 heterocycles. The average molecular weight is 625 g/mol. The number of nitrogens with zero attached hydrogens (tertiary/aromatic N) is 3. The van der Waals surface area contributed by atoms with Gasteiger partial charge in [0.1, 0.15) is 23.5 Å². The Morgan fingerprint density at radius 1 is 0.953 bits per heavy atom. The van der Waals surface area contributed by atoms with Gasteiger partial charge in [-0.2, -0.15) is 4.39 Å². The maximum atomic E-state index is 15.0. The smallest absolute Gasteiger partial charge is 0.237 e. The molecule has 5 rings (SSSR count). The summed E-state index contributed by atoms with van der Waals surface area (Å²) < 4.78 is 118. The quantitative estimate of drug-likeness (QED) is 0.174. The average Bonchev–Trinajstić information content (AvgIpc) is 2.96. The molecule has 3 N–H and O–H groups in total. The van der Waals surface area contributed by atoms with Crippen molar-refractivity contribution >= 4 is 21.7 Å². The van der Waals surface area contributed by atoms with Gasteiger partial charge in [0.2, 0.25) is 27.7 Å². The van der Waals surface area contributed by atoms with Crippen LogP contribution in [-0.2, 0) is 15.8 Å². The molecule has 4 aromatic rings. The van der Waals surface area contributed by atoms with E-state index < -0.39 is 68.0 Å². The van der Waals surface area contributed by atoms with Gasteiger partial charge in [0.25, 0.3) is 0 Å². The van der Waals surface area contributed by atoms with Crippen LogP contribution < -0.4 is 20.1 Å². The summed E-state index contributed by atoms with van der Waals surface area (Å²) in [6, 6.07) is 6.64. The summed E-state index contributed by atoms with van der Waals surface area (Å²) in [6.45, 7) is 0.731. The molecule has 0 radical (unpaired) electrons. The van der Waals surface area contributed by atoms with Gasteiger partial charge in [0.05, 0.1) is 17.0 Å². The van der Waals surface area contributed by atoms with Gasteiger partial charge in [-0.1, -0.05) is 0 Å². The first kappa shape index (κ1) is 30.0. The van der Waals surface area contributed by atoms with Crippen LogP contribution in [0, 0.1) is 29.1 Å². The van der Waals surface area contributed by atoms with Gasteiger partial charge in [-0.3, -0.25) is 4.72 Å². The Morgan fingerprint density at radius 3 is 2.56 bits per heavy atom. The van der Waals surface area contributed by atoms with Crippen LogP contribution in [-0.4, -0.2) is 48.7 Å². The predicted molar refractivity (Wildman–Crippen MR) is 144 cm³/mol. The highest BCUT2D eigenvalue weighted by molar-refractivity contribution is 7.91. The lowest BCUT2D eigenvalue weighted by Gasteiger charge is -2.26. The number of anilines is 2. The van der Waals surface area contributed by atoms with Crippen molar-refractivity contribution in [2.75, 3.05) is 23.1 Å². The molecule has 1 saturated heterocycles. The second-order valence-electron chi connectivity index (χ2n) is 9.51. The molecule has 9 nitrogen and oxygen atoms in total. The Hall–Kier alpha value is -4.44. The summed E-state index contributed by atoms with van der Waals surface area (Å²) in [5.74, 6) is -9.57.